The Morgan fingerprint density at radius 1 is 0.282 bits per heavy atom. The zero-order valence-corrected chi connectivity index (χ0v) is 27.6. The SMILES string of the molecule is CC(C)c1cc(-c2c(C(C)C)cc(C(C)C)cc2C(C)C)cc(-c2c(C(C)C)cc(C(C)C)cc2C(C)C)c1. The normalized spacial score (nSPS) is 12.4. The van der Waals surface area contributed by atoms with E-state index in [2.05, 4.69) is 139 Å². The molecule has 0 aliphatic heterocycles. The highest BCUT2D eigenvalue weighted by molar-refractivity contribution is 5.82. The molecular formula is C39H56. The Morgan fingerprint density at radius 2 is 0.513 bits per heavy atom. The third-order valence-corrected chi connectivity index (χ3v) is 8.46. The molecule has 0 aliphatic rings. The summed E-state index contributed by atoms with van der Waals surface area (Å²) in [6.07, 6.45) is 0. The van der Waals surface area contributed by atoms with Gasteiger partial charge in [0.15, 0.2) is 0 Å². The van der Waals surface area contributed by atoms with Crippen LogP contribution in [-0.2, 0) is 0 Å². The van der Waals surface area contributed by atoms with Crippen molar-refractivity contribution in [2.24, 2.45) is 0 Å². The summed E-state index contributed by atoms with van der Waals surface area (Å²) in [4.78, 5) is 0. The quantitative estimate of drug-likeness (QED) is 0.261. The molecule has 0 heterocycles. The summed E-state index contributed by atoms with van der Waals surface area (Å²) in [6.45, 7) is 32.8. The van der Waals surface area contributed by atoms with Crippen LogP contribution in [0.15, 0.2) is 42.5 Å². The van der Waals surface area contributed by atoms with Crippen molar-refractivity contribution in [1.82, 2.24) is 0 Å². The molecule has 3 rings (SSSR count). The lowest BCUT2D eigenvalue weighted by molar-refractivity contribution is 0.806. The highest BCUT2D eigenvalue weighted by Gasteiger charge is 2.23. The Bertz CT molecular complexity index is 1130. The lowest BCUT2D eigenvalue weighted by Gasteiger charge is -2.26. The first-order valence-electron chi connectivity index (χ1n) is 15.6. The van der Waals surface area contributed by atoms with Crippen molar-refractivity contribution in [3.8, 4) is 22.3 Å². The van der Waals surface area contributed by atoms with Gasteiger partial charge in [0, 0.05) is 0 Å². The Balaban J connectivity index is 2.50. The largest absolute Gasteiger partial charge is 0.0587 e. The fourth-order valence-electron chi connectivity index (χ4n) is 5.85. The molecule has 0 radical (unpaired) electrons. The van der Waals surface area contributed by atoms with E-state index < -0.39 is 0 Å². The van der Waals surface area contributed by atoms with E-state index in [1.54, 1.807) is 0 Å². The molecule has 0 amide bonds. The first-order valence-corrected chi connectivity index (χ1v) is 15.6. The molecule has 3 aromatic rings. The van der Waals surface area contributed by atoms with Gasteiger partial charge in [-0.25, -0.2) is 0 Å². The first-order chi connectivity index (χ1) is 18.1. The van der Waals surface area contributed by atoms with Gasteiger partial charge in [0.2, 0.25) is 0 Å². The van der Waals surface area contributed by atoms with Gasteiger partial charge in [0.25, 0.3) is 0 Å². The number of benzene rings is 3. The van der Waals surface area contributed by atoms with E-state index in [0.29, 0.717) is 41.4 Å². The lowest BCUT2D eigenvalue weighted by atomic mass is 9.78. The van der Waals surface area contributed by atoms with Crippen LogP contribution >= 0.6 is 0 Å². The number of hydrogen-bond acceptors (Lipinski definition) is 0. The summed E-state index contributed by atoms with van der Waals surface area (Å²) >= 11 is 0. The van der Waals surface area contributed by atoms with Crippen molar-refractivity contribution in [3.63, 3.8) is 0 Å². The van der Waals surface area contributed by atoms with Gasteiger partial charge in [0.1, 0.15) is 0 Å². The smallest absolute Gasteiger partial charge is 0.0114 e. The van der Waals surface area contributed by atoms with E-state index in [9.17, 15) is 0 Å². The predicted molar refractivity (Wildman–Crippen MR) is 176 cm³/mol. The molecule has 0 bridgehead atoms. The second-order valence-corrected chi connectivity index (χ2v) is 14.1. The summed E-state index contributed by atoms with van der Waals surface area (Å²) in [5.41, 5.74) is 16.0. The summed E-state index contributed by atoms with van der Waals surface area (Å²) in [5, 5.41) is 0. The zero-order chi connectivity index (χ0) is 29.3. The van der Waals surface area contributed by atoms with Crippen LogP contribution in [0.5, 0.6) is 0 Å². The number of rotatable bonds is 9. The monoisotopic (exact) mass is 524 g/mol. The van der Waals surface area contributed by atoms with Gasteiger partial charge in [-0.3, -0.25) is 0 Å². The van der Waals surface area contributed by atoms with Crippen LogP contribution in [0.1, 0.15) is 177 Å². The zero-order valence-electron chi connectivity index (χ0n) is 27.6. The van der Waals surface area contributed by atoms with Gasteiger partial charge in [-0.05, 0) is 109 Å². The second kappa shape index (κ2) is 12.4. The highest BCUT2D eigenvalue weighted by Crippen LogP contribution is 2.44. The van der Waals surface area contributed by atoms with Crippen molar-refractivity contribution >= 4 is 0 Å². The molecule has 0 saturated heterocycles. The van der Waals surface area contributed by atoms with Crippen molar-refractivity contribution in [3.05, 3.63) is 81.4 Å². The van der Waals surface area contributed by atoms with Gasteiger partial charge < -0.3 is 0 Å². The molecule has 0 aromatic heterocycles. The van der Waals surface area contributed by atoms with Crippen molar-refractivity contribution in [1.29, 1.82) is 0 Å². The summed E-state index contributed by atoms with van der Waals surface area (Å²) in [7, 11) is 0. The summed E-state index contributed by atoms with van der Waals surface area (Å²) in [5.74, 6) is 3.36. The van der Waals surface area contributed by atoms with E-state index in [4.69, 9.17) is 0 Å². The van der Waals surface area contributed by atoms with Crippen molar-refractivity contribution < 1.29 is 0 Å². The lowest BCUT2D eigenvalue weighted by Crippen LogP contribution is -2.06. The molecule has 3 aromatic carbocycles. The molecule has 0 spiro atoms. The fourth-order valence-corrected chi connectivity index (χ4v) is 5.85. The maximum absolute atomic E-state index is 2.52. The van der Waals surface area contributed by atoms with Gasteiger partial charge in [-0.2, -0.15) is 0 Å². The molecule has 212 valence electrons. The van der Waals surface area contributed by atoms with Gasteiger partial charge in [-0.1, -0.05) is 133 Å². The van der Waals surface area contributed by atoms with E-state index >= 15 is 0 Å². The average Bonchev–Trinajstić information content (AvgIpc) is 2.86. The van der Waals surface area contributed by atoms with E-state index in [1.165, 1.54) is 61.2 Å². The molecule has 0 fully saturated rings. The Hall–Kier alpha value is -2.34. The minimum absolute atomic E-state index is 0.462. The highest BCUT2D eigenvalue weighted by atomic mass is 14.3. The Labute approximate surface area is 241 Å². The Kier molecular flexibility index (Phi) is 9.96. The summed E-state index contributed by atoms with van der Waals surface area (Å²) in [6, 6.07) is 17.5. The molecule has 0 saturated carbocycles. The van der Waals surface area contributed by atoms with Gasteiger partial charge in [0.05, 0.1) is 0 Å². The van der Waals surface area contributed by atoms with Crippen molar-refractivity contribution in [2.75, 3.05) is 0 Å². The van der Waals surface area contributed by atoms with Crippen LogP contribution in [0.25, 0.3) is 22.3 Å². The van der Waals surface area contributed by atoms with Gasteiger partial charge >= 0.3 is 0 Å². The third kappa shape index (κ3) is 6.70. The van der Waals surface area contributed by atoms with Crippen LogP contribution in [0.3, 0.4) is 0 Å². The third-order valence-electron chi connectivity index (χ3n) is 8.46. The molecule has 0 N–H and O–H groups in total. The molecule has 0 unspecified atom stereocenters. The number of hydrogen-bond donors (Lipinski definition) is 0. The van der Waals surface area contributed by atoms with Crippen LogP contribution in [0.2, 0.25) is 0 Å². The van der Waals surface area contributed by atoms with Gasteiger partial charge in [-0.15, -0.1) is 0 Å². The van der Waals surface area contributed by atoms with Crippen molar-refractivity contribution in [2.45, 2.75) is 138 Å². The van der Waals surface area contributed by atoms with Crippen LogP contribution in [-0.4, -0.2) is 0 Å². The van der Waals surface area contributed by atoms with Crippen LogP contribution in [0.4, 0.5) is 0 Å². The minimum atomic E-state index is 0.462. The minimum Gasteiger partial charge on any atom is -0.0587 e. The molecule has 0 heteroatoms. The molecule has 0 atom stereocenters. The molecular weight excluding hydrogens is 468 g/mol. The average molecular weight is 525 g/mol. The van der Waals surface area contributed by atoms with Crippen LogP contribution < -0.4 is 0 Å². The standard InChI is InChI=1S/C39H56/c1-22(2)29-15-32(38-34(25(7)8)18-30(23(3)4)19-35(38)26(9)10)17-33(16-29)39-36(27(11)12)20-31(24(5)6)21-37(39)28(13)14/h15-28H,1-14H3. The predicted octanol–water partition coefficient (Wildman–Crippen LogP) is 12.9. The molecule has 39 heavy (non-hydrogen) atoms. The Morgan fingerprint density at radius 3 is 0.718 bits per heavy atom. The maximum Gasteiger partial charge on any atom is -0.0114 e. The molecule has 0 aliphatic carbocycles. The molecule has 0 nitrogen and oxygen atoms in total. The first kappa shape index (κ1) is 31.2. The van der Waals surface area contributed by atoms with Crippen LogP contribution in [0, 0.1) is 0 Å². The second-order valence-electron chi connectivity index (χ2n) is 14.1. The van der Waals surface area contributed by atoms with E-state index in [-0.39, 0.29) is 0 Å². The fraction of sp³-hybridized carbons (Fsp3) is 0.538. The topological polar surface area (TPSA) is 0 Å². The van der Waals surface area contributed by atoms with E-state index in [1.807, 2.05) is 0 Å². The van der Waals surface area contributed by atoms with E-state index in [0.717, 1.165) is 0 Å². The summed E-state index contributed by atoms with van der Waals surface area (Å²) < 4.78 is 0. The maximum atomic E-state index is 2.52.